The average Bonchev–Trinajstić information content (AvgIpc) is 2.15. The molecule has 0 aliphatic heterocycles. The van der Waals surface area contributed by atoms with Gasteiger partial charge in [0.05, 0.1) is 6.67 Å². The number of hydrogen-bond acceptors (Lipinski definition) is 1. The third-order valence-electron chi connectivity index (χ3n) is 3.10. The summed E-state index contributed by atoms with van der Waals surface area (Å²) in [5, 5.41) is 0. The molecule has 0 aromatic carbocycles. The van der Waals surface area contributed by atoms with Crippen LogP contribution < -0.4 is 0 Å². The van der Waals surface area contributed by atoms with E-state index in [1.165, 1.54) is 0 Å². The molecule has 0 heterocycles. The molecule has 1 nitrogen and oxygen atoms in total. The molecule has 2 heteroatoms. The van der Waals surface area contributed by atoms with E-state index in [-0.39, 0.29) is 18.4 Å². The van der Waals surface area contributed by atoms with Crippen LogP contribution in [0.5, 0.6) is 0 Å². The maximum absolute atomic E-state index is 12.9. The Morgan fingerprint density at radius 3 is 2.27 bits per heavy atom. The Kier molecular flexibility index (Phi) is 7.63. The molecule has 0 aliphatic rings. The Morgan fingerprint density at radius 1 is 1.33 bits per heavy atom. The highest BCUT2D eigenvalue weighted by molar-refractivity contribution is 5.75. The van der Waals surface area contributed by atoms with Crippen LogP contribution in [-0.4, -0.2) is 12.5 Å². The van der Waals surface area contributed by atoms with E-state index in [0.29, 0.717) is 18.3 Å². The van der Waals surface area contributed by atoms with Crippen molar-refractivity contribution in [1.82, 2.24) is 0 Å². The van der Waals surface area contributed by atoms with Gasteiger partial charge < -0.3 is 4.79 Å². The fourth-order valence-corrected chi connectivity index (χ4v) is 2.24. The monoisotopic (exact) mass is 216 g/mol. The van der Waals surface area contributed by atoms with Crippen LogP contribution in [0.3, 0.4) is 0 Å². The van der Waals surface area contributed by atoms with Gasteiger partial charge in [0.2, 0.25) is 0 Å². The fourth-order valence-electron chi connectivity index (χ4n) is 2.24. The number of halogens is 1. The molecule has 0 aromatic heterocycles. The molecule has 0 saturated heterocycles. The van der Waals surface area contributed by atoms with Gasteiger partial charge >= 0.3 is 0 Å². The van der Waals surface area contributed by atoms with E-state index in [2.05, 4.69) is 20.8 Å². The number of hydrogen-bond donors (Lipinski definition) is 0. The maximum atomic E-state index is 12.9. The number of Topliss-reactive ketones (excluding diaryl/α,β-unsaturated/α-hetero) is 1. The Labute approximate surface area is 93.4 Å². The Hall–Kier alpha value is -0.400. The minimum absolute atomic E-state index is 0.0611. The van der Waals surface area contributed by atoms with E-state index in [0.717, 1.165) is 19.3 Å². The first-order valence-corrected chi connectivity index (χ1v) is 6.08. The maximum Gasteiger partial charge on any atom is 0.130 e. The van der Waals surface area contributed by atoms with Crippen LogP contribution in [0.4, 0.5) is 4.39 Å². The Bertz CT molecular complexity index is 177. The first kappa shape index (κ1) is 14.6. The third-order valence-corrected chi connectivity index (χ3v) is 3.10. The van der Waals surface area contributed by atoms with Crippen molar-refractivity contribution < 1.29 is 9.18 Å². The van der Waals surface area contributed by atoms with Crippen molar-refractivity contribution in [1.29, 1.82) is 0 Å². The normalized spacial score (nSPS) is 15.3. The van der Waals surface area contributed by atoms with Gasteiger partial charge in [0.1, 0.15) is 5.78 Å². The number of unbranched alkanes of at least 4 members (excludes halogenated alkanes) is 1. The summed E-state index contributed by atoms with van der Waals surface area (Å²) in [4.78, 5) is 11.0. The molecule has 0 fully saturated rings. The van der Waals surface area contributed by atoms with Crippen LogP contribution in [0.25, 0.3) is 0 Å². The number of rotatable bonds is 8. The Balaban J connectivity index is 4.33. The van der Waals surface area contributed by atoms with Crippen molar-refractivity contribution >= 4 is 5.78 Å². The largest absolute Gasteiger partial charge is 0.300 e. The molecule has 0 aliphatic carbocycles. The molecular weight excluding hydrogens is 191 g/mol. The lowest BCUT2D eigenvalue weighted by Gasteiger charge is -2.27. The van der Waals surface area contributed by atoms with Gasteiger partial charge in [-0.05, 0) is 31.1 Å². The topological polar surface area (TPSA) is 17.1 Å². The Morgan fingerprint density at radius 2 is 1.93 bits per heavy atom. The molecule has 0 radical (unpaired) electrons. The zero-order valence-electron chi connectivity index (χ0n) is 10.6. The van der Waals surface area contributed by atoms with Gasteiger partial charge in [0, 0.05) is 6.42 Å². The van der Waals surface area contributed by atoms with Gasteiger partial charge in [0.25, 0.3) is 0 Å². The molecule has 2 atom stereocenters. The number of carbonyl (C=O) groups is 1. The summed E-state index contributed by atoms with van der Waals surface area (Å²) in [6.07, 6.45) is 3.73. The molecule has 0 amide bonds. The van der Waals surface area contributed by atoms with E-state index in [1.807, 2.05) is 0 Å². The van der Waals surface area contributed by atoms with Gasteiger partial charge in [-0.2, -0.15) is 0 Å². The van der Waals surface area contributed by atoms with Crippen LogP contribution in [0.1, 0.15) is 53.4 Å². The lowest BCUT2D eigenvalue weighted by Crippen LogP contribution is -2.24. The summed E-state index contributed by atoms with van der Waals surface area (Å²) in [5.74, 6) is 0.879. The molecular formula is C13H25FO. The van der Waals surface area contributed by atoms with Crippen LogP contribution >= 0.6 is 0 Å². The predicted molar refractivity (Wildman–Crippen MR) is 62.6 cm³/mol. The smallest absolute Gasteiger partial charge is 0.130 e. The predicted octanol–water partition coefficient (Wildman–Crippen LogP) is 4.01. The van der Waals surface area contributed by atoms with Crippen molar-refractivity contribution in [3.05, 3.63) is 0 Å². The van der Waals surface area contributed by atoms with Crippen molar-refractivity contribution in [2.24, 2.45) is 17.8 Å². The molecule has 0 N–H and O–H groups in total. The molecule has 0 bridgehead atoms. The summed E-state index contributed by atoms with van der Waals surface area (Å²) < 4.78 is 12.9. The van der Waals surface area contributed by atoms with Crippen LogP contribution in [0.2, 0.25) is 0 Å². The van der Waals surface area contributed by atoms with Crippen LogP contribution in [0.15, 0.2) is 0 Å². The first-order chi connectivity index (χ1) is 7.02. The zero-order chi connectivity index (χ0) is 11.8. The van der Waals surface area contributed by atoms with Crippen molar-refractivity contribution in [3.8, 4) is 0 Å². The second kappa shape index (κ2) is 7.84. The van der Waals surface area contributed by atoms with E-state index < -0.39 is 0 Å². The number of alkyl halides is 1. The molecule has 15 heavy (non-hydrogen) atoms. The van der Waals surface area contributed by atoms with E-state index in [4.69, 9.17) is 0 Å². The highest BCUT2D eigenvalue weighted by Gasteiger charge is 2.25. The summed E-state index contributed by atoms with van der Waals surface area (Å²) in [6.45, 7) is 7.60. The summed E-state index contributed by atoms with van der Waals surface area (Å²) in [5.41, 5.74) is 0. The molecule has 0 saturated carbocycles. The van der Waals surface area contributed by atoms with E-state index in [9.17, 15) is 9.18 Å². The number of ketones is 1. The minimum Gasteiger partial charge on any atom is -0.300 e. The molecule has 1 unspecified atom stereocenters. The highest BCUT2D eigenvalue weighted by atomic mass is 19.1. The van der Waals surface area contributed by atoms with Crippen LogP contribution in [0, 0.1) is 17.8 Å². The molecule has 0 rings (SSSR count). The zero-order valence-corrected chi connectivity index (χ0v) is 10.6. The fraction of sp³-hybridized carbons (Fsp3) is 0.923. The molecule has 0 spiro atoms. The lowest BCUT2D eigenvalue weighted by molar-refractivity contribution is -0.118. The molecule has 0 aromatic rings. The van der Waals surface area contributed by atoms with Gasteiger partial charge in [-0.1, -0.05) is 33.6 Å². The van der Waals surface area contributed by atoms with Gasteiger partial charge in [-0.3, -0.25) is 4.39 Å². The van der Waals surface area contributed by atoms with Crippen molar-refractivity contribution in [2.45, 2.75) is 53.4 Å². The quantitative estimate of drug-likeness (QED) is 0.599. The second-order valence-corrected chi connectivity index (χ2v) is 4.87. The van der Waals surface area contributed by atoms with Gasteiger partial charge in [-0.15, -0.1) is 0 Å². The van der Waals surface area contributed by atoms with Crippen molar-refractivity contribution in [2.75, 3.05) is 6.67 Å². The summed E-state index contributed by atoms with van der Waals surface area (Å²) >= 11 is 0. The lowest BCUT2D eigenvalue weighted by atomic mass is 9.78. The summed E-state index contributed by atoms with van der Waals surface area (Å²) in [6, 6.07) is 0. The SMILES string of the molecule is CCCC[C@@H](C(C)C)C(CF)CC(C)=O. The summed E-state index contributed by atoms with van der Waals surface area (Å²) in [7, 11) is 0. The number of carbonyl (C=O) groups excluding carboxylic acids is 1. The molecule has 90 valence electrons. The minimum atomic E-state index is -0.355. The van der Waals surface area contributed by atoms with Gasteiger partial charge in [-0.25, -0.2) is 0 Å². The second-order valence-electron chi connectivity index (χ2n) is 4.87. The average molecular weight is 216 g/mol. The standard InChI is InChI=1S/C13H25FO/c1-5-6-7-13(10(2)3)12(9-14)8-11(4)15/h10,12-13H,5-9H2,1-4H3/t12?,13-/m0/s1. The first-order valence-electron chi connectivity index (χ1n) is 6.08. The van der Waals surface area contributed by atoms with E-state index >= 15 is 0 Å². The van der Waals surface area contributed by atoms with Crippen LogP contribution in [-0.2, 0) is 4.79 Å². The third kappa shape index (κ3) is 5.91. The highest BCUT2D eigenvalue weighted by Crippen LogP contribution is 2.29. The van der Waals surface area contributed by atoms with E-state index in [1.54, 1.807) is 6.92 Å². The van der Waals surface area contributed by atoms with Crippen molar-refractivity contribution in [3.63, 3.8) is 0 Å². The van der Waals surface area contributed by atoms with Gasteiger partial charge in [0.15, 0.2) is 0 Å².